The summed E-state index contributed by atoms with van der Waals surface area (Å²) in [5.74, 6) is 0.0918. The number of hydrogen-bond acceptors (Lipinski definition) is 14. The maximum Gasteiger partial charge on any atom is 0.293 e. The fraction of sp³-hybridized carbons (Fsp3) is 0.536. The molecule has 5 fully saturated rings. The number of aromatic amines is 1. The lowest BCUT2D eigenvalue weighted by Crippen LogP contribution is -2.68. The lowest BCUT2D eigenvalue weighted by atomic mass is 9.44. The Morgan fingerprint density at radius 3 is 2.46 bits per heavy atom. The van der Waals surface area contributed by atoms with Crippen molar-refractivity contribution in [3.63, 3.8) is 0 Å². The van der Waals surface area contributed by atoms with Crippen LogP contribution in [0.4, 0.5) is 28.4 Å². The Hall–Kier alpha value is -5.79. The average Bonchev–Trinajstić information content (AvgIpc) is 3.86. The van der Waals surface area contributed by atoms with Crippen LogP contribution in [0, 0.1) is 26.9 Å². The van der Waals surface area contributed by atoms with Crippen molar-refractivity contribution >= 4 is 55.4 Å². The molecule has 3 aromatic carbocycles. The number of nitro benzene ring substituents is 1. The molecule has 4 atom stereocenters. The number of nitro groups is 1. The number of nitrogens with one attached hydrogen (secondary N) is 3. The molecule has 0 unspecified atom stereocenters. The third kappa shape index (κ3) is 9.17. The number of anilines is 4. The fourth-order valence-electron chi connectivity index (χ4n) is 13.3. The minimum Gasteiger partial charge on any atom is -0.468 e. The Balaban J connectivity index is 0.882. The molecule has 0 bridgehead atoms. The molecule has 3 saturated heterocycles. The Morgan fingerprint density at radius 1 is 0.932 bits per heavy atom. The molecule has 17 nitrogen and oxygen atoms in total. The molecule has 4 aliphatic heterocycles. The Kier molecular flexibility index (Phi) is 13.2. The van der Waals surface area contributed by atoms with Crippen LogP contribution in [0.1, 0.15) is 119 Å². The van der Waals surface area contributed by atoms with E-state index in [4.69, 9.17) is 19.2 Å². The highest BCUT2D eigenvalue weighted by Gasteiger charge is 2.62. The number of pyridine rings is 1. The van der Waals surface area contributed by atoms with Gasteiger partial charge in [0.15, 0.2) is 0 Å². The maximum atomic E-state index is 14.8. The van der Waals surface area contributed by atoms with Gasteiger partial charge in [-0.05, 0) is 135 Å². The third-order valence-electron chi connectivity index (χ3n) is 18.0. The summed E-state index contributed by atoms with van der Waals surface area (Å²) in [5, 5.41) is 26.8. The van der Waals surface area contributed by atoms with Gasteiger partial charge in [0.2, 0.25) is 5.88 Å². The van der Waals surface area contributed by atoms with Gasteiger partial charge in [-0.1, -0.05) is 52.0 Å². The number of aliphatic hydroxyl groups is 1. The first-order valence-corrected chi connectivity index (χ1v) is 28.1. The quantitative estimate of drug-likeness (QED) is 0.0680. The van der Waals surface area contributed by atoms with Crippen molar-refractivity contribution in [2.45, 2.75) is 127 Å². The summed E-state index contributed by atoms with van der Waals surface area (Å²) in [7, 11) is -4.63. The lowest BCUT2D eigenvalue weighted by Gasteiger charge is -2.68. The van der Waals surface area contributed by atoms with E-state index in [2.05, 4.69) is 81.7 Å². The van der Waals surface area contributed by atoms with Gasteiger partial charge in [0.1, 0.15) is 23.1 Å². The van der Waals surface area contributed by atoms with E-state index < -0.39 is 43.1 Å². The normalized spacial score (nSPS) is 26.7. The maximum absolute atomic E-state index is 14.8. The van der Waals surface area contributed by atoms with E-state index in [9.17, 15) is 28.4 Å². The lowest BCUT2D eigenvalue weighted by molar-refractivity contribution is -0.384. The van der Waals surface area contributed by atoms with Crippen molar-refractivity contribution in [2.24, 2.45) is 16.7 Å². The van der Waals surface area contributed by atoms with Crippen LogP contribution in [0.2, 0.25) is 0 Å². The molecule has 2 aliphatic carbocycles. The van der Waals surface area contributed by atoms with Gasteiger partial charge in [-0.3, -0.25) is 19.8 Å². The molecule has 6 aliphatic rings. The molecule has 74 heavy (non-hydrogen) atoms. The number of carbonyl (C=O) groups excluding carboxylic acids is 1. The van der Waals surface area contributed by atoms with E-state index in [1.54, 1.807) is 6.07 Å². The summed E-state index contributed by atoms with van der Waals surface area (Å²) in [5.41, 5.74) is 4.77. The zero-order chi connectivity index (χ0) is 51.7. The van der Waals surface area contributed by atoms with Crippen LogP contribution in [0.5, 0.6) is 5.88 Å². The topological polar surface area (TPSA) is 205 Å². The summed E-state index contributed by atoms with van der Waals surface area (Å²) >= 11 is 0. The zero-order valence-electron chi connectivity index (χ0n) is 43.1. The first-order valence-electron chi connectivity index (χ1n) is 26.6. The van der Waals surface area contributed by atoms with Gasteiger partial charge < -0.3 is 39.4 Å². The van der Waals surface area contributed by atoms with Crippen LogP contribution in [0.3, 0.4) is 0 Å². The van der Waals surface area contributed by atoms with Crippen LogP contribution in [0.15, 0.2) is 83.9 Å². The summed E-state index contributed by atoms with van der Waals surface area (Å²) in [6, 6.07) is 22.3. The highest BCUT2D eigenvalue weighted by molar-refractivity contribution is 7.90. The number of carbonyl (C=O) groups is 1. The number of fused-ring (bicyclic) bond motifs is 3. The Labute approximate surface area is 433 Å². The van der Waals surface area contributed by atoms with Crippen molar-refractivity contribution in [2.75, 3.05) is 67.7 Å². The van der Waals surface area contributed by atoms with Crippen LogP contribution < -0.4 is 24.6 Å². The highest BCUT2D eigenvalue weighted by atomic mass is 32.2. The molecule has 2 aromatic heterocycles. The van der Waals surface area contributed by atoms with E-state index in [1.165, 1.54) is 23.3 Å². The molecule has 6 heterocycles. The number of ether oxygens (including phenoxy) is 3. The smallest absolute Gasteiger partial charge is 0.293 e. The standard InChI is InChI=1S/C56H70N8O9S/c1-35(2)40-8-6-7-9-41(40)48-33-72-27-25-62(48)50-31-56(54(50,3)4)20-23-61(24-21-56)38-10-12-42(45(29-38)63-44-17-26-71-34-49(44)73-53-47(63)28-37-16-22-57-51(37)59-53)52(65)60-74(69,70)39-11-13-43(46(30-39)64(67)68)58-32-36-14-18-55(5,66)19-15-36/h6-13,16,22,28-30,35-36,44,48-50,58,66H,14-15,17-21,23-27,31-34H2,1-5H3,(H,57,59)(H,60,65)/t36?,44-,48-,49-,50-,55?/m0/s1. The zero-order valence-corrected chi connectivity index (χ0v) is 44.0. The van der Waals surface area contributed by atoms with Gasteiger partial charge in [0.25, 0.3) is 21.6 Å². The van der Waals surface area contributed by atoms with Crippen molar-refractivity contribution in [3.05, 3.63) is 106 Å². The minimum absolute atomic E-state index is 0.0441. The summed E-state index contributed by atoms with van der Waals surface area (Å²) < 4.78 is 49.4. The second-order valence-corrected chi connectivity index (χ2v) is 24.6. The van der Waals surface area contributed by atoms with Gasteiger partial charge in [-0.2, -0.15) is 4.98 Å². The number of hydrogen-bond donors (Lipinski definition) is 4. The second kappa shape index (κ2) is 19.4. The number of morpholine rings is 1. The molecule has 394 valence electrons. The van der Waals surface area contributed by atoms with E-state index in [0.717, 1.165) is 75.5 Å². The Morgan fingerprint density at radius 2 is 1.70 bits per heavy atom. The molecule has 1 amide bonds. The van der Waals surface area contributed by atoms with Gasteiger partial charge in [-0.15, -0.1) is 0 Å². The van der Waals surface area contributed by atoms with Gasteiger partial charge in [-0.25, -0.2) is 13.1 Å². The number of sulfonamides is 1. The monoisotopic (exact) mass is 1030 g/mol. The van der Waals surface area contributed by atoms with Crippen molar-refractivity contribution in [1.29, 1.82) is 0 Å². The average molecular weight is 1030 g/mol. The van der Waals surface area contributed by atoms with Crippen molar-refractivity contribution in [1.82, 2.24) is 19.6 Å². The molecule has 4 N–H and O–H groups in total. The molecule has 0 radical (unpaired) electrons. The van der Waals surface area contributed by atoms with Crippen molar-refractivity contribution in [3.8, 4) is 5.88 Å². The number of amides is 1. The predicted molar refractivity (Wildman–Crippen MR) is 284 cm³/mol. The van der Waals surface area contributed by atoms with Crippen LogP contribution in [-0.4, -0.2) is 116 Å². The predicted octanol–water partition coefficient (Wildman–Crippen LogP) is 9.21. The van der Waals surface area contributed by atoms with E-state index in [1.807, 2.05) is 37.4 Å². The van der Waals surface area contributed by atoms with Crippen LogP contribution in [-0.2, 0) is 19.5 Å². The Bertz CT molecular complexity index is 3050. The molecular formula is C56H70N8O9S. The largest absolute Gasteiger partial charge is 0.468 e. The first kappa shape index (κ1) is 50.4. The molecule has 18 heteroatoms. The molecular weight excluding hydrogens is 961 g/mol. The van der Waals surface area contributed by atoms with Crippen LogP contribution in [0.25, 0.3) is 11.0 Å². The second-order valence-electron chi connectivity index (χ2n) is 22.9. The van der Waals surface area contributed by atoms with Gasteiger partial charge in [0, 0.05) is 62.2 Å². The first-order chi connectivity index (χ1) is 35.4. The number of benzene rings is 3. The van der Waals surface area contributed by atoms with Gasteiger partial charge >= 0.3 is 0 Å². The number of rotatable bonds is 12. The number of H-pyrrole nitrogens is 1. The van der Waals surface area contributed by atoms with E-state index in [0.29, 0.717) is 80.5 Å². The number of piperidine rings is 1. The van der Waals surface area contributed by atoms with E-state index >= 15 is 0 Å². The molecule has 2 saturated carbocycles. The van der Waals surface area contributed by atoms with E-state index in [-0.39, 0.29) is 40.1 Å². The fourth-order valence-corrected chi connectivity index (χ4v) is 14.3. The molecule has 1 spiro atoms. The molecule has 5 aromatic rings. The highest BCUT2D eigenvalue weighted by Crippen LogP contribution is 2.64. The van der Waals surface area contributed by atoms with Crippen molar-refractivity contribution < 1.29 is 37.5 Å². The summed E-state index contributed by atoms with van der Waals surface area (Å²) in [6.07, 6.45) is 7.82. The molecule has 11 rings (SSSR count). The summed E-state index contributed by atoms with van der Waals surface area (Å²) in [4.78, 5) is 41.4. The number of nitrogens with zero attached hydrogens (tertiary/aromatic N) is 5. The third-order valence-corrected chi connectivity index (χ3v) is 19.3. The minimum atomic E-state index is -4.63. The summed E-state index contributed by atoms with van der Waals surface area (Å²) in [6.45, 7) is 16.4. The number of aromatic nitrogens is 2. The van der Waals surface area contributed by atoms with Gasteiger partial charge in [0.05, 0.1) is 58.6 Å². The SMILES string of the molecule is CC(C)c1ccccc1[C@@H]1COCCN1[C@H]1CC2(CCN(c3ccc(C(=O)NS(=O)(=O)c4ccc(NCC5CCC(C)(O)CC5)c([N+](=O)[O-])c4)c(N4c5cc6cc[nH]c6nc5O[C@H]5COCC[C@@H]54)c3)CC2)C1(C)C. The van der Waals surface area contributed by atoms with Crippen LogP contribution >= 0.6 is 0 Å².